The summed E-state index contributed by atoms with van der Waals surface area (Å²) in [6.45, 7) is 2.60. The Morgan fingerprint density at radius 3 is 3.00 bits per heavy atom. The van der Waals surface area contributed by atoms with Gasteiger partial charge in [-0.25, -0.2) is 4.98 Å². The molecule has 1 heterocycles. The molecule has 72 valence electrons. The topological polar surface area (TPSA) is 45.1 Å². The molecule has 0 saturated carbocycles. The minimum atomic E-state index is -0.498. The average molecular weight is 184 g/mol. The summed E-state index contributed by atoms with van der Waals surface area (Å²) < 4.78 is 12.6. The number of aliphatic hydroxyl groups is 1. The third-order valence-electron chi connectivity index (χ3n) is 1.66. The Hall–Kier alpha value is -1.16. The molecule has 3 nitrogen and oxygen atoms in total. The van der Waals surface area contributed by atoms with Gasteiger partial charge < -0.3 is 10.4 Å². The van der Waals surface area contributed by atoms with Crippen molar-refractivity contribution in [3.63, 3.8) is 0 Å². The minimum Gasteiger partial charge on any atom is -0.396 e. The first kappa shape index (κ1) is 9.92. The lowest BCUT2D eigenvalue weighted by Crippen LogP contribution is -2.15. The van der Waals surface area contributed by atoms with Gasteiger partial charge in [0.25, 0.3) is 0 Å². The van der Waals surface area contributed by atoms with Crippen LogP contribution in [0.5, 0.6) is 0 Å². The van der Waals surface area contributed by atoms with E-state index in [1.165, 1.54) is 6.07 Å². The zero-order valence-electron chi connectivity index (χ0n) is 7.50. The van der Waals surface area contributed by atoms with Gasteiger partial charge in [-0.05, 0) is 18.1 Å². The van der Waals surface area contributed by atoms with Gasteiger partial charge in [0.15, 0.2) is 0 Å². The lowest BCUT2D eigenvalue weighted by Gasteiger charge is -2.09. The van der Waals surface area contributed by atoms with Crippen molar-refractivity contribution in [3.8, 4) is 0 Å². The van der Waals surface area contributed by atoms with Crippen molar-refractivity contribution in [1.29, 1.82) is 0 Å². The zero-order valence-corrected chi connectivity index (χ0v) is 7.50. The van der Waals surface area contributed by atoms with Crippen molar-refractivity contribution in [2.45, 2.75) is 6.92 Å². The molecular weight excluding hydrogens is 171 g/mol. The molecule has 13 heavy (non-hydrogen) atoms. The van der Waals surface area contributed by atoms with E-state index in [4.69, 9.17) is 5.11 Å². The summed E-state index contributed by atoms with van der Waals surface area (Å²) in [4.78, 5) is 3.62. The predicted octanol–water partition coefficient (Wildman–Crippen LogP) is 1.26. The average Bonchev–Trinajstić information content (AvgIpc) is 2.14. The quantitative estimate of drug-likeness (QED) is 0.692. The fourth-order valence-corrected chi connectivity index (χ4v) is 0.850. The van der Waals surface area contributed by atoms with E-state index in [0.29, 0.717) is 12.4 Å². The molecule has 0 bridgehead atoms. The molecule has 1 unspecified atom stereocenters. The Morgan fingerprint density at radius 1 is 1.62 bits per heavy atom. The number of rotatable bonds is 4. The zero-order chi connectivity index (χ0) is 9.68. The molecule has 0 spiro atoms. The smallest absolute Gasteiger partial charge is 0.214 e. The molecule has 0 aromatic carbocycles. The number of pyridine rings is 1. The standard InChI is InChI=1S/C9H13FN2O/c1-7(6-13)5-11-9-4-2-3-8(10)12-9/h2-4,7,13H,5-6H2,1H3,(H,11,12). The van der Waals surface area contributed by atoms with Crippen molar-refractivity contribution >= 4 is 5.82 Å². The summed E-state index contributed by atoms with van der Waals surface area (Å²) in [5, 5.41) is 11.7. The molecule has 1 rings (SSSR count). The second kappa shape index (κ2) is 4.77. The summed E-state index contributed by atoms with van der Waals surface area (Å²) >= 11 is 0. The number of hydrogen-bond acceptors (Lipinski definition) is 3. The highest BCUT2D eigenvalue weighted by Gasteiger charge is 2.00. The molecule has 0 aliphatic heterocycles. The number of nitrogens with zero attached hydrogens (tertiary/aromatic N) is 1. The fraction of sp³-hybridized carbons (Fsp3) is 0.444. The van der Waals surface area contributed by atoms with Crippen molar-refractivity contribution in [2.24, 2.45) is 5.92 Å². The van der Waals surface area contributed by atoms with Crippen LogP contribution in [0, 0.1) is 11.9 Å². The van der Waals surface area contributed by atoms with Crippen molar-refractivity contribution < 1.29 is 9.50 Å². The Bertz CT molecular complexity index is 268. The number of halogens is 1. The molecule has 0 fully saturated rings. The summed E-state index contributed by atoms with van der Waals surface area (Å²) in [6, 6.07) is 4.57. The largest absolute Gasteiger partial charge is 0.396 e. The maximum atomic E-state index is 12.6. The summed E-state index contributed by atoms with van der Waals surface area (Å²) in [6.07, 6.45) is 0. The second-order valence-electron chi connectivity index (χ2n) is 3.01. The third kappa shape index (κ3) is 3.38. The van der Waals surface area contributed by atoms with Gasteiger partial charge in [-0.1, -0.05) is 13.0 Å². The van der Waals surface area contributed by atoms with E-state index in [9.17, 15) is 4.39 Å². The van der Waals surface area contributed by atoms with Gasteiger partial charge in [-0.15, -0.1) is 0 Å². The maximum absolute atomic E-state index is 12.6. The Labute approximate surface area is 76.6 Å². The van der Waals surface area contributed by atoms with Crippen LogP contribution >= 0.6 is 0 Å². The maximum Gasteiger partial charge on any atom is 0.214 e. The number of aromatic nitrogens is 1. The van der Waals surface area contributed by atoms with E-state index in [1.54, 1.807) is 12.1 Å². The van der Waals surface area contributed by atoms with Gasteiger partial charge in [0, 0.05) is 13.2 Å². The number of aliphatic hydroxyl groups excluding tert-OH is 1. The van der Waals surface area contributed by atoms with Gasteiger partial charge in [-0.2, -0.15) is 4.39 Å². The van der Waals surface area contributed by atoms with Gasteiger partial charge in [0.05, 0.1) is 0 Å². The Balaban J connectivity index is 2.45. The predicted molar refractivity (Wildman–Crippen MR) is 48.9 cm³/mol. The van der Waals surface area contributed by atoms with Crippen molar-refractivity contribution in [3.05, 3.63) is 24.1 Å². The number of anilines is 1. The van der Waals surface area contributed by atoms with Crippen molar-refractivity contribution in [2.75, 3.05) is 18.5 Å². The van der Waals surface area contributed by atoms with Gasteiger partial charge >= 0.3 is 0 Å². The number of nitrogens with one attached hydrogen (secondary N) is 1. The highest BCUT2D eigenvalue weighted by molar-refractivity contribution is 5.33. The van der Waals surface area contributed by atoms with Crippen LogP contribution in [0.4, 0.5) is 10.2 Å². The Morgan fingerprint density at radius 2 is 2.38 bits per heavy atom. The van der Waals surface area contributed by atoms with Crippen LogP contribution in [-0.4, -0.2) is 23.2 Å². The van der Waals surface area contributed by atoms with E-state index in [-0.39, 0.29) is 12.5 Å². The molecule has 1 aromatic heterocycles. The molecule has 2 N–H and O–H groups in total. The first-order valence-corrected chi connectivity index (χ1v) is 4.19. The summed E-state index contributed by atoms with van der Waals surface area (Å²) in [5.74, 6) is 0.145. The van der Waals surface area contributed by atoms with E-state index in [2.05, 4.69) is 10.3 Å². The molecule has 1 aromatic rings. The lowest BCUT2D eigenvalue weighted by molar-refractivity contribution is 0.244. The van der Waals surface area contributed by atoms with Crippen molar-refractivity contribution in [1.82, 2.24) is 4.98 Å². The molecule has 0 aliphatic rings. The molecule has 0 aliphatic carbocycles. The SMILES string of the molecule is CC(CO)CNc1cccc(F)n1. The molecule has 4 heteroatoms. The molecule has 1 atom stereocenters. The van der Waals surface area contributed by atoms with Crippen LogP contribution in [0.15, 0.2) is 18.2 Å². The first-order valence-electron chi connectivity index (χ1n) is 4.19. The Kier molecular flexibility index (Phi) is 3.64. The van der Waals surface area contributed by atoms with E-state index < -0.39 is 5.95 Å². The van der Waals surface area contributed by atoms with Gasteiger partial charge in [-0.3, -0.25) is 0 Å². The third-order valence-corrected chi connectivity index (χ3v) is 1.66. The normalized spacial score (nSPS) is 12.5. The number of hydrogen-bond donors (Lipinski definition) is 2. The van der Waals surface area contributed by atoms with Gasteiger partial charge in [0.1, 0.15) is 5.82 Å². The minimum absolute atomic E-state index is 0.113. The lowest BCUT2D eigenvalue weighted by atomic mass is 10.2. The summed E-state index contributed by atoms with van der Waals surface area (Å²) in [5.41, 5.74) is 0. The van der Waals surface area contributed by atoms with Crippen LogP contribution in [0.25, 0.3) is 0 Å². The fourth-order valence-electron chi connectivity index (χ4n) is 0.850. The van der Waals surface area contributed by atoms with E-state index in [0.717, 1.165) is 0 Å². The second-order valence-corrected chi connectivity index (χ2v) is 3.01. The summed E-state index contributed by atoms with van der Waals surface area (Å²) in [7, 11) is 0. The molecule has 0 radical (unpaired) electrons. The van der Waals surface area contributed by atoms with Crippen LogP contribution in [0.1, 0.15) is 6.92 Å². The highest BCUT2D eigenvalue weighted by atomic mass is 19.1. The van der Waals surface area contributed by atoms with Crippen LogP contribution in [-0.2, 0) is 0 Å². The monoisotopic (exact) mass is 184 g/mol. The van der Waals surface area contributed by atoms with Crippen LogP contribution in [0.3, 0.4) is 0 Å². The van der Waals surface area contributed by atoms with Crippen LogP contribution in [0.2, 0.25) is 0 Å². The molecule has 0 amide bonds. The van der Waals surface area contributed by atoms with E-state index in [1.807, 2.05) is 6.92 Å². The highest BCUT2D eigenvalue weighted by Crippen LogP contribution is 2.04. The van der Waals surface area contributed by atoms with Gasteiger partial charge in [0.2, 0.25) is 5.95 Å². The van der Waals surface area contributed by atoms with E-state index >= 15 is 0 Å². The molecular formula is C9H13FN2O. The first-order chi connectivity index (χ1) is 6.22. The van der Waals surface area contributed by atoms with Crippen LogP contribution < -0.4 is 5.32 Å². The molecule has 0 saturated heterocycles.